The highest BCUT2D eigenvalue weighted by Crippen LogP contribution is 2.31. The minimum Gasteiger partial charge on any atom is -0.485 e. The number of nitrogens with zero attached hydrogens (tertiary/aromatic N) is 2. The van der Waals surface area contributed by atoms with Gasteiger partial charge in [0.1, 0.15) is 17.7 Å². The van der Waals surface area contributed by atoms with E-state index in [0.717, 1.165) is 6.42 Å². The Balaban J connectivity index is 1.83. The molecule has 7 heteroatoms. The third-order valence-corrected chi connectivity index (χ3v) is 4.32. The normalized spacial score (nSPS) is 23.0. The van der Waals surface area contributed by atoms with Gasteiger partial charge >= 0.3 is 6.03 Å². The number of hydrogen-bond donors (Lipinski definition) is 1. The van der Waals surface area contributed by atoms with Gasteiger partial charge in [-0.25, -0.2) is 9.18 Å². The lowest BCUT2D eigenvalue weighted by Crippen LogP contribution is -2.44. The summed E-state index contributed by atoms with van der Waals surface area (Å²) in [6.07, 6.45) is 0.493. The first-order valence-corrected chi connectivity index (χ1v) is 7.77. The van der Waals surface area contributed by atoms with Crippen LogP contribution in [0.2, 0.25) is 0 Å². The van der Waals surface area contributed by atoms with E-state index < -0.39 is 5.82 Å². The zero-order valence-corrected chi connectivity index (χ0v) is 13.2. The number of halogens is 1. The molecule has 2 atom stereocenters. The Morgan fingerprint density at radius 1 is 1.43 bits per heavy atom. The molecular formula is C16H20FN3O3. The van der Waals surface area contributed by atoms with Gasteiger partial charge in [-0.2, -0.15) is 0 Å². The van der Waals surface area contributed by atoms with Crippen molar-refractivity contribution in [2.45, 2.75) is 25.5 Å². The molecule has 0 radical (unpaired) electrons. The Kier molecular flexibility index (Phi) is 4.11. The van der Waals surface area contributed by atoms with Gasteiger partial charge in [0.2, 0.25) is 0 Å². The minimum atomic E-state index is -0.451. The fourth-order valence-corrected chi connectivity index (χ4v) is 3.03. The molecule has 2 heterocycles. The molecule has 3 amide bonds. The molecule has 0 bridgehead atoms. The topological polar surface area (TPSA) is 61.9 Å². The largest absolute Gasteiger partial charge is 0.485 e. The van der Waals surface area contributed by atoms with E-state index in [4.69, 9.17) is 4.74 Å². The summed E-state index contributed by atoms with van der Waals surface area (Å²) in [4.78, 5) is 27.9. The summed E-state index contributed by atoms with van der Waals surface area (Å²) in [5.74, 6) is -0.429. The van der Waals surface area contributed by atoms with Crippen LogP contribution in [0.1, 0.15) is 23.7 Å². The summed E-state index contributed by atoms with van der Waals surface area (Å²) in [6.45, 7) is 3.36. The lowest BCUT2D eigenvalue weighted by Gasteiger charge is -2.25. The van der Waals surface area contributed by atoms with Gasteiger partial charge in [0.05, 0.1) is 18.2 Å². The number of carbonyl (C=O) groups excluding carboxylic acids is 2. The molecule has 23 heavy (non-hydrogen) atoms. The maximum absolute atomic E-state index is 13.5. The number of benzene rings is 1. The van der Waals surface area contributed by atoms with Crippen molar-refractivity contribution in [3.63, 3.8) is 0 Å². The molecule has 0 spiro atoms. The Morgan fingerprint density at radius 3 is 2.96 bits per heavy atom. The molecule has 1 aromatic rings. The molecule has 0 unspecified atom stereocenters. The van der Waals surface area contributed by atoms with Crippen molar-refractivity contribution >= 4 is 11.9 Å². The monoisotopic (exact) mass is 321 g/mol. The van der Waals surface area contributed by atoms with Crippen molar-refractivity contribution in [1.29, 1.82) is 0 Å². The average molecular weight is 321 g/mol. The highest BCUT2D eigenvalue weighted by Gasteiger charge is 2.43. The predicted molar refractivity (Wildman–Crippen MR) is 82.0 cm³/mol. The van der Waals surface area contributed by atoms with Crippen LogP contribution in [-0.4, -0.2) is 60.6 Å². The third-order valence-electron chi connectivity index (χ3n) is 4.32. The van der Waals surface area contributed by atoms with Gasteiger partial charge in [0, 0.05) is 26.2 Å². The van der Waals surface area contributed by atoms with E-state index in [1.165, 1.54) is 18.2 Å². The molecule has 2 aliphatic heterocycles. The SMILES string of the molecule is CCCNC(=O)N1C[C@@H]2Oc3cc(F)ccc3C(=O)N(C)[C@@H]2C1. The summed E-state index contributed by atoms with van der Waals surface area (Å²) in [6, 6.07) is 3.51. The first kappa shape index (κ1) is 15.6. The number of ether oxygens (including phenoxy) is 1. The number of hydrogen-bond acceptors (Lipinski definition) is 3. The van der Waals surface area contributed by atoms with Crippen LogP contribution < -0.4 is 10.1 Å². The maximum Gasteiger partial charge on any atom is 0.317 e. The van der Waals surface area contributed by atoms with E-state index in [-0.39, 0.29) is 29.8 Å². The summed E-state index contributed by atoms with van der Waals surface area (Å²) in [5, 5.41) is 2.82. The van der Waals surface area contributed by atoms with Crippen molar-refractivity contribution < 1.29 is 18.7 Å². The van der Waals surface area contributed by atoms with Crippen LogP contribution in [0, 0.1) is 5.82 Å². The number of fused-ring (bicyclic) bond motifs is 2. The molecule has 6 nitrogen and oxygen atoms in total. The van der Waals surface area contributed by atoms with Crippen LogP contribution >= 0.6 is 0 Å². The lowest BCUT2D eigenvalue weighted by atomic mass is 10.1. The summed E-state index contributed by atoms with van der Waals surface area (Å²) < 4.78 is 19.3. The molecule has 1 saturated heterocycles. The maximum atomic E-state index is 13.5. The molecule has 1 N–H and O–H groups in total. The summed E-state index contributed by atoms with van der Waals surface area (Å²) >= 11 is 0. The number of likely N-dealkylation sites (N-methyl/N-ethyl adjacent to an activating group) is 1. The Morgan fingerprint density at radius 2 is 2.22 bits per heavy atom. The van der Waals surface area contributed by atoms with E-state index in [1.54, 1.807) is 16.8 Å². The molecule has 3 rings (SSSR count). The van der Waals surface area contributed by atoms with E-state index in [2.05, 4.69) is 5.32 Å². The van der Waals surface area contributed by atoms with Crippen LogP contribution in [0.3, 0.4) is 0 Å². The highest BCUT2D eigenvalue weighted by atomic mass is 19.1. The quantitative estimate of drug-likeness (QED) is 0.897. The fourth-order valence-electron chi connectivity index (χ4n) is 3.03. The molecule has 1 fully saturated rings. The highest BCUT2D eigenvalue weighted by molar-refractivity contribution is 5.97. The van der Waals surface area contributed by atoms with Crippen LogP contribution in [0.15, 0.2) is 18.2 Å². The average Bonchev–Trinajstić information content (AvgIpc) is 2.91. The minimum absolute atomic E-state index is 0.163. The van der Waals surface area contributed by atoms with Crippen LogP contribution in [0.5, 0.6) is 5.75 Å². The smallest absolute Gasteiger partial charge is 0.317 e. The molecule has 0 aromatic heterocycles. The predicted octanol–water partition coefficient (Wildman–Crippen LogP) is 1.46. The molecular weight excluding hydrogens is 301 g/mol. The number of urea groups is 1. The van der Waals surface area contributed by atoms with E-state index >= 15 is 0 Å². The van der Waals surface area contributed by atoms with Crippen molar-refractivity contribution in [3.8, 4) is 5.75 Å². The summed E-state index contributed by atoms with van der Waals surface area (Å²) in [5.41, 5.74) is 0.352. The van der Waals surface area contributed by atoms with Crippen molar-refractivity contribution in [3.05, 3.63) is 29.6 Å². The van der Waals surface area contributed by atoms with Gasteiger partial charge in [-0.15, -0.1) is 0 Å². The van der Waals surface area contributed by atoms with Crippen molar-refractivity contribution in [2.75, 3.05) is 26.7 Å². The standard InChI is InChI=1S/C16H20FN3O3/c1-3-6-18-16(22)20-8-12-14(9-20)23-13-7-10(17)4-5-11(13)15(21)19(12)2/h4-5,7,12,14H,3,6,8-9H2,1-2H3,(H,18,22)/t12-,14+/m1/s1. The first-order chi connectivity index (χ1) is 11.0. The van der Waals surface area contributed by atoms with Gasteiger partial charge in [-0.1, -0.05) is 6.92 Å². The van der Waals surface area contributed by atoms with E-state index in [9.17, 15) is 14.0 Å². The number of amides is 3. The zero-order chi connectivity index (χ0) is 16.6. The van der Waals surface area contributed by atoms with Crippen LogP contribution in [0.25, 0.3) is 0 Å². The zero-order valence-electron chi connectivity index (χ0n) is 13.2. The third kappa shape index (κ3) is 2.83. The van der Waals surface area contributed by atoms with Gasteiger partial charge in [0.25, 0.3) is 5.91 Å². The number of nitrogens with one attached hydrogen (secondary N) is 1. The van der Waals surface area contributed by atoms with Crippen LogP contribution in [0.4, 0.5) is 9.18 Å². The van der Waals surface area contributed by atoms with Gasteiger partial charge in [-0.3, -0.25) is 4.79 Å². The first-order valence-electron chi connectivity index (χ1n) is 7.77. The van der Waals surface area contributed by atoms with Gasteiger partial charge in [-0.05, 0) is 18.6 Å². The van der Waals surface area contributed by atoms with Crippen molar-refractivity contribution in [2.24, 2.45) is 0 Å². The fraction of sp³-hybridized carbons (Fsp3) is 0.500. The molecule has 0 saturated carbocycles. The molecule has 2 aliphatic rings. The second-order valence-electron chi connectivity index (χ2n) is 5.92. The van der Waals surface area contributed by atoms with Crippen molar-refractivity contribution in [1.82, 2.24) is 15.1 Å². The second-order valence-corrected chi connectivity index (χ2v) is 5.92. The number of likely N-dealkylation sites (tertiary alicyclic amines) is 1. The van der Waals surface area contributed by atoms with E-state index in [1.807, 2.05) is 6.92 Å². The second kappa shape index (κ2) is 6.06. The molecule has 1 aromatic carbocycles. The Hall–Kier alpha value is -2.31. The Bertz CT molecular complexity index is 637. The lowest BCUT2D eigenvalue weighted by molar-refractivity contribution is 0.0682. The molecule has 0 aliphatic carbocycles. The van der Waals surface area contributed by atoms with Gasteiger partial charge in [0.15, 0.2) is 0 Å². The van der Waals surface area contributed by atoms with E-state index in [0.29, 0.717) is 25.2 Å². The number of rotatable bonds is 2. The number of carbonyl (C=O) groups is 2. The summed E-state index contributed by atoms with van der Waals surface area (Å²) in [7, 11) is 1.69. The Labute approximate surface area is 134 Å². The van der Waals surface area contributed by atoms with Gasteiger partial charge < -0.3 is 19.9 Å². The van der Waals surface area contributed by atoms with Crippen LogP contribution in [-0.2, 0) is 0 Å². The molecule has 124 valence electrons.